The minimum absolute atomic E-state index is 0.0123. The van der Waals surface area contributed by atoms with E-state index in [-0.39, 0.29) is 22.1 Å². The number of nitrogens with zero attached hydrogens (tertiary/aromatic N) is 2. The maximum absolute atomic E-state index is 13.5. The van der Waals surface area contributed by atoms with Gasteiger partial charge in [0.25, 0.3) is 17.7 Å². The van der Waals surface area contributed by atoms with Crippen molar-refractivity contribution >= 4 is 46.7 Å². The lowest BCUT2D eigenvalue weighted by Crippen LogP contribution is -2.52. The first-order valence-electron chi connectivity index (χ1n) is 10.3. The van der Waals surface area contributed by atoms with Gasteiger partial charge >= 0.3 is 0 Å². The maximum Gasteiger partial charge on any atom is 0.274 e. The normalized spacial score (nSPS) is 21.8. The Morgan fingerprint density at radius 1 is 1.09 bits per heavy atom. The molecule has 4 rings (SSSR count). The molecule has 0 bridgehead atoms. The molecule has 0 saturated carbocycles. The molecule has 2 aliphatic rings. The van der Waals surface area contributed by atoms with Crippen LogP contribution in [-0.2, 0) is 9.59 Å². The van der Waals surface area contributed by atoms with Crippen LogP contribution in [-0.4, -0.2) is 40.1 Å². The molecule has 9 heteroatoms. The van der Waals surface area contributed by atoms with Crippen LogP contribution in [0.5, 0.6) is 0 Å². The van der Waals surface area contributed by atoms with Gasteiger partial charge in [-0.1, -0.05) is 42.3 Å². The van der Waals surface area contributed by atoms with Gasteiger partial charge in [0.15, 0.2) is 5.78 Å². The summed E-state index contributed by atoms with van der Waals surface area (Å²) in [6.07, 6.45) is 4.07. The summed E-state index contributed by atoms with van der Waals surface area (Å²) in [6, 6.07) is 8.94. The molecule has 1 saturated heterocycles. The van der Waals surface area contributed by atoms with Gasteiger partial charge in [-0.05, 0) is 54.8 Å². The van der Waals surface area contributed by atoms with E-state index in [1.54, 1.807) is 0 Å². The van der Waals surface area contributed by atoms with Gasteiger partial charge in [0.05, 0.1) is 22.4 Å². The Kier molecular flexibility index (Phi) is 6.36. The fourth-order valence-corrected chi connectivity index (χ4v) is 4.76. The van der Waals surface area contributed by atoms with E-state index in [1.807, 2.05) is 19.1 Å². The summed E-state index contributed by atoms with van der Waals surface area (Å²) in [5, 5.41) is 1.91. The van der Waals surface area contributed by atoms with E-state index in [2.05, 4.69) is 0 Å². The first-order chi connectivity index (χ1) is 15.7. The zero-order chi connectivity index (χ0) is 23.9. The molecule has 2 aromatic carbocycles. The molecule has 0 unspecified atom stereocenters. The molecular formula is C24H19Cl2FN2O4. The van der Waals surface area contributed by atoms with Gasteiger partial charge < -0.3 is 0 Å². The highest BCUT2D eigenvalue weighted by atomic mass is 35.5. The second-order valence-electron chi connectivity index (χ2n) is 8.06. The summed E-state index contributed by atoms with van der Waals surface area (Å²) in [5.41, 5.74) is 0.109. The Hall–Kier alpha value is -3.03. The van der Waals surface area contributed by atoms with Gasteiger partial charge in [0, 0.05) is 10.6 Å². The lowest BCUT2D eigenvalue weighted by atomic mass is 9.78. The van der Waals surface area contributed by atoms with Gasteiger partial charge in [0.2, 0.25) is 0 Å². The summed E-state index contributed by atoms with van der Waals surface area (Å²) in [4.78, 5) is 53.0. The van der Waals surface area contributed by atoms with Crippen LogP contribution in [0.15, 0.2) is 54.6 Å². The average Bonchev–Trinajstić information content (AvgIpc) is 3.03. The molecule has 1 heterocycles. The molecule has 170 valence electrons. The SMILES string of the molecule is C[C@@H]1C=CC[C@@H]2C(=O)N(N(CC(=O)c3ccc(F)cc3)C(=O)c3ccc(Cl)cc3Cl)C(=O)[C@H]12. The van der Waals surface area contributed by atoms with Crippen molar-refractivity contribution in [3.63, 3.8) is 0 Å². The highest BCUT2D eigenvalue weighted by molar-refractivity contribution is 6.36. The predicted molar refractivity (Wildman–Crippen MR) is 120 cm³/mol. The average molecular weight is 489 g/mol. The lowest BCUT2D eigenvalue weighted by Gasteiger charge is -2.30. The zero-order valence-corrected chi connectivity index (χ0v) is 19.0. The number of allylic oxidation sites excluding steroid dienone is 2. The highest BCUT2D eigenvalue weighted by Gasteiger charge is 2.53. The van der Waals surface area contributed by atoms with Crippen LogP contribution in [0.1, 0.15) is 34.1 Å². The van der Waals surface area contributed by atoms with Crippen LogP contribution in [0, 0.1) is 23.6 Å². The quantitative estimate of drug-likeness (QED) is 0.351. The van der Waals surface area contributed by atoms with E-state index in [1.165, 1.54) is 30.3 Å². The number of halogens is 3. The second kappa shape index (κ2) is 9.08. The van der Waals surface area contributed by atoms with Crippen LogP contribution in [0.3, 0.4) is 0 Å². The lowest BCUT2D eigenvalue weighted by molar-refractivity contribution is -0.154. The van der Waals surface area contributed by atoms with Gasteiger partial charge in [0.1, 0.15) is 12.4 Å². The number of carbonyl (C=O) groups is 4. The van der Waals surface area contributed by atoms with Crippen LogP contribution in [0.4, 0.5) is 4.39 Å². The van der Waals surface area contributed by atoms with Crippen LogP contribution >= 0.6 is 23.2 Å². The van der Waals surface area contributed by atoms with E-state index in [0.29, 0.717) is 11.4 Å². The summed E-state index contributed by atoms with van der Waals surface area (Å²) < 4.78 is 13.3. The molecule has 0 radical (unpaired) electrons. The molecule has 3 amide bonds. The molecule has 3 atom stereocenters. The van der Waals surface area contributed by atoms with Crippen LogP contribution in [0.25, 0.3) is 0 Å². The van der Waals surface area contributed by atoms with E-state index < -0.39 is 47.7 Å². The molecule has 1 aliphatic carbocycles. The van der Waals surface area contributed by atoms with E-state index in [0.717, 1.165) is 22.2 Å². The number of ketones is 1. The standard InChI is InChI=1S/C24H19Cl2FN2O4/c1-13-3-2-4-18-21(13)24(33)29(23(18)32)28(12-20(30)14-5-8-16(27)9-6-14)22(31)17-10-7-15(25)11-19(17)26/h2-3,5-11,13,18,21H,4,12H2,1H3/t13-,18+,21-/m1/s1. The van der Waals surface area contributed by atoms with E-state index >= 15 is 0 Å². The number of carbonyl (C=O) groups excluding carboxylic acids is 4. The fourth-order valence-electron chi connectivity index (χ4n) is 4.27. The van der Waals surface area contributed by atoms with Gasteiger partial charge in [-0.25, -0.2) is 9.40 Å². The molecule has 33 heavy (non-hydrogen) atoms. The molecule has 6 nitrogen and oxygen atoms in total. The number of hydrazine groups is 1. The second-order valence-corrected chi connectivity index (χ2v) is 8.90. The molecule has 2 aromatic rings. The number of rotatable bonds is 5. The summed E-state index contributed by atoms with van der Waals surface area (Å²) >= 11 is 12.1. The molecule has 1 aliphatic heterocycles. The third kappa shape index (κ3) is 4.30. The van der Waals surface area contributed by atoms with Crippen LogP contribution < -0.4 is 0 Å². The topological polar surface area (TPSA) is 74.8 Å². The fraction of sp³-hybridized carbons (Fsp3) is 0.250. The number of imide groups is 1. The van der Waals surface area contributed by atoms with Crippen molar-refractivity contribution < 1.29 is 23.6 Å². The van der Waals surface area contributed by atoms with Crippen LogP contribution in [0.2, 0.25) is 10.0 Å². The Balaban J connectivity index is 1.73. The smallest absolute Gasteiger partial charge is 0.274 e. The largest absolute Gasteiger partial charge is 0.292 e. The minimum Gasteiger partial charge on any atom is -0.292 e. The molecule has 0 spiro atoms. The monoisotopic (exact) mass is 488 g/mol. The van der Waals surface area contributed by atoms with Crippen molar-refractivity contribution in [3.05, 3.63) is 81.6 Å². The first kappa shape index (κ1) is 23.1. The number of amides is 3. The van der Waals surface area contributed by atoms with E-state index in [4.69, 9.17) is 23.2 Å². The Labute approximate surface area is 199 Å². The van der Waals surface area contributed by atoms with Crippen molar-refractivity contribution in [1.29, 1.82) is 0 Å². The highest BCUT2D eigenvalue weighted by Crippen LogP contribution is 2.39. The summed E-state index contributed by atoms with van der Waals surface area (Å²) in [6.45, 7) is 1.22. The van der Waals surface area contributed by atoms with Crippen molar-refractivity contribution in [2.45, 2.75) is 13.3 Å². The van der Waals surface area contributed by atoms with Crippen molar-refractivity contribution in [1.82, 2.24) is 10.0 Å². The van der Waals surface area contributed by atoms with Gasteiger partial charge in [-0.15, -0.1) is 0 Å². The number of benzene rings is 2. The van der Waals surface area contributed by atoms with E-state index in [9.17, 15) is 23.6 Å². The summed E-state index contributed by atoms with van der Waals surface area (Å²) in [5.74, 6) is -4.44. The molecule has 1 fully saturated rings. The minimum atomic E-state index is -0.798. The number of hydrogen-bond acceptors (Lipinski definition) is 4. The van der Waals surface area contributed by atoms with Crippen molar-refractivity contribution in [2.24, 2.45) is 17.8 Å². The third-order valence-corrected chi connectivity index (χ3v) is 6.49. The maximum atomic E-state index is 13.5. The molecular weight excluding hydrogens is 470 g/mol. The number of hydrogen-bond donors (Lipinski definition) is 0. The Bertz CT molecular complexity index is 1180. The first-order valence-corrected chi connectivity index (χ1v) is 11.0. The summed E-state index contributed by atoms with van der Waals surface area (Å²) in [7, 11) is 0. The zero-order valence-electron chi connectivity index (χ0n) is 17.5. The number of Topliss-reactive ketones (excluding diaryl/α,β-unsaturated/α-hetero) is 1. The Morgan fingerprint density at radius 2 is 1.79 bits per heavy atom. The third-order valence-electron chi connectivity index (χ3n) is 5.95. The molecule has 0 N–H and O–H groups in total. The van der Waals surface area contributed by atoms with Crippen molar-refractivity contribution in [3.8, 4) is 0 Å². The van der Waals surface area contributed by atoms with Crippen molar-refractivity contribution in [2.75, 3.05) is 6.54 Å². The Morgan fingerprint density at radius 3 is 2.42 bits per heavy atom. The van der Waals surface area contributed by atoms with Gasteiger partial charge in [-0.3, -0.25) is 19.2 Å². The van der Waals surface area contributed by atoms with Gasteiger partial charge in [-0.2, -0.15) is 5.01 Å². The number of fused-ring (bicyclic) bond motifs is 1. The predicted octanol–water partition coefficient (Wildman–Crippen LogP) is 4.57. The molecule has 0 aromatic heterocycles.